The van der Waals surface area contributed by atoms with Crippen molar-refractivity contribution in [1.29, 1.82) is 0 Å². The number of aliphatic hydroxyl groups excluding tert-OH is 1. The van der Waals surface area contributed by atoms with Crippen molar-refractivity contribution in [3.05, 3.63) is 56.7 Å². The number of rotatable bonds is 4. The molecule has 2 fully saturated rings. The van der Waals surface area contributed by atoms with Gasteiger partial charge in [0.15, 0.2) is 0 Å². The van der Waals surface area contributed by atoms with E-state index in [0.29, 0.717) is 23.1 Å². The van der Waals surface area contributed by atoms with E-state index in [0.717, 1.165) is 31.5 Å². The van der Waals surface area contributed by atoms with E-state index in [2.05, 4.69) is 16.0 Å². The molecule has 1 saturated carbocycles. The molecule has 1 aromatic carbocycles. The summed E-state index contributed by atoms with van der Waals surface area (Å²) >= 11 is 0. The Labute approximate surface area is 172 Å². The largest absolute Gasteiger partial charge is 0.392 e. The molecule has 30 heavy (non-hydrogen) atoms. The normalized spacial score (nSPS) is 28.1. The fourth-order valence-corrected chi connectivity index (χ4v) is 4.98. The highest BCUT2D eigenvalue weighted by atomic mass is 19.3. The molecule has 3 aliphatic rings. The number of aromatic amines is 1. The Kier molecular flexibility index (Phi) is 4.47. The molecule has 158 valence electrons. The third-order valence-corrected chi connectivity index (χ3v) is 6.49. The Morgan fingerprint density at radius 3 is 2.93 bits per heavy atom. The molecule has 5 rings (SSSR count). The van der Waals surface area contributed by atoms with E-state index in [1.165, 1.54) is 6.07 Å². The summed E-state index contributed by atoms with van der Waals surface area (Å²) in [5.74, 6) is -2.81. The van der Waals surface area contributed by atoms with Crippen molar-refractivity contribution < 1.29 is 18.6 Å². The van der Waals surface area contributed by atoms with Crippen molar-refractivity contribution >= 4 is 12.2 Å². The Balaban J connectivity index is 1.61. The molecule has 5 nitrogen and oxygen atoms in total. The number of pyridine rings is 1. The lowest BCUT2D eigenvalue weighted by Gasteiger charge is -2.40. The number of ether oxygens (including phenoxy) is 1. The van der Waals surface area contributed by atoms with Crippen molar-refractivity contribution in [2.24, 2.45) is 5.92 Å². The van der Waals surface area contributed by atoms with Crippen LogP contribution in [-0.4, -0.2) is 46.5 Å². The van der Waals surface area contributed by atoms with Gasteiger partial charge in [0.1, 0.15) is 6.23 Å². The Bertz CT molecular complexity index is 1170. The van der Waals surface area contributed by atoms with Gasteiger partial charge < -0.3 is 14.8 Å². The summed E-state index contributed by atoms with van der Waals surface area (Å²) in [6, 6.07) is 8.05. The lowest BCUT2D eigenvalue weighted by Crippen LogP contribution is -2.55. The fourth-order valence-electron chi connectivity index (χ4n) is 4.98. The molecule has 1 aliphatic heterocycles. The summed E-state index contributed by atoms with van der Waals surface area (Å²) in [7, 11) is 0. The van der Waals surface area contributed by atoms with Crippen molar-refractivity contribution in [3.8, 4) is 11.3 Å². The molecular weight excluding hydrogens is 390 g/mol. The van der Waals surface area contributed by atoms with Crippen LogP contribution >= 0.6 is 0 Å². The van der Waals surface area contributed by atoms with Gasteiger partial charge in [-0.25, -0.2) is 8.78 Å². The quantitative estimate of drug-likeness (QED) is 0.797. The highest BCUT2D eigenvalue weighted by molar-refractivity contribution is 5.67. The minimum absolute atomic E-state index is 0.0908. The van der Waals surface area contributed by atoms with E-state index in [4.69, 9.17) is 4.74 Å². The van der Waals surface area contributed by atoms with E-state index in [-0.39, 0.29) is 35.4 Å². The van der Waals surface area contributed by atoms with E-state index in [1.54, 1.807) is 24.3 Å². The average Bonchev–Trinajstić information content (AvgIpc) is 3.46. The van der Waals surface area contributed by atoms with Gasteiger partial charge in [0, 0.05) is 47.0 Å². The number of nitrogens with one attached hydrogen (secondary N) is 1. The van der Waals surface area contributed by atoms with Crippen LogP contribution in [0.2, 0.25) is 0 Å². The lowest BCUT2D eigenvalue weighted by molar-refractivity contribution is -0.131. The Morgan fingerprint density at radius 1 is 1.37 bits per heavy atom. The maximum atomic E-state index is 14.1. The number of hydrogen-bond acceptors (Lipinski definition) is 4. The molecule has 2 aromatic rings. The maximum absolute atomic E-state index is 14.1. The van der Waals surface area contributed by atoms with Crippen LogP contribution in [-0.2, 0) is 10.7 Å². The number of halogens is 2. The van der Waals surface area contributed by atoms with E-state index in [1.807, 2.05) is 6.08 Å². The molecule has 2 N–H and O–H groups in total. The van der Waals surface area contributed by atoms with E-state index in [9.17, 15) is 18.7 Å². The Hall–Kier alpha value is -2.35. The van der Waals surface area contributed by atoms with Crippen LogP contribution in [0.5, 0.6) is 0 Å². The minimum atomic E-state index is -3.02. The summed E-state index contributed by atoms with van der Waals surface area (Å²) in [6.45, 7) is 2.19. The zero-order valence-electron chi connectivity index (χ0n) is 16.7. The summed E-state index contributed by atoms with van der Waals surface area (Å²) < 4.78 is 33.9. The molecule has 2 heterocycles. The third kappa shape index (κ3) is 3.04. The molecule has 3 unspecified atom stereocenters. The van der Waals surface area contributed by atoms with Crippen molar-refractivity contribution in [2.75, 3.05) is 19.8 Å². The van der Waals surface area contributed by atoms with Crippen LogP contribution in [0.25, 0.3) is 23.4 Å². The minimum Gasteiger partial charge on any atom is -0.392 e. The third-order valence-electron chi connectivity index (χ3n) is 6.49. The Morgan fingerprint density at radius 2 is 2.17 bits per heavy atom. The smallest absolute Gasteiger partial charge is 0.271 e. The molecule has 7 heteroatoms. The number of aliphatic hydroxyl groups is 1. The molecule has 0 radical (unpaired) electrons. The van der Waals surface area contributed by atoms with Gasteiger partial charge in [0.2, 0.25) is 0 Å². The van der Waals surface area contributed by atoms with Crippen LogP contribution in [0.4, 0.5) is 8.78 Å². The molecular formula is C23H24F2N2O3. The first-order chi connectivity index (χ1) is 14.3. The highest BCUT2D eigenvalue weighted by Gasteiger charge is 2.58. The first kappa shape index (κ1) is 19.6. The zero-order chi connectivity index (χ0) is 21.1. The number of alkyl halides is 2. The summed E-state index contributed by atoms with van der Waals surface area (Å²) in [6.07, 6.45) is 5.40. The van der Waals surface area contributed by atoms with Gasteiger partial charge >= 0.3 is 0 Å². The molecule has 0 spiro atoms. The van der Waals surface area contributed by atoms with Gasteiger partial charge in [0.05, 0.1) is 13.2 Å². The van der Waals surface area contributed by atoms with Crippen LogP contribution in [0.3, 0.4) is 0 Å². The molecule has 2 aliphatic carbocycles. The highest BCUT2D eigenvalue weighted by Crippen LogP contribution is 2.53. The van der Waals surface area contributed by atoms with Crippen LogP contribution in [0.15, 0.2) is 35.1 Å². The van der Waals surface area contributed by atoms with Gasteiger partial charge in [-0.05, 0) is 24.1 Å². The summed E-state index contributed by atoms with van der Waals surface area (Å²) in [4.78, 5) is 17.9. The van der Waals surface area contributed by atoms with Crippen LogP contribution in [0.1, 0.15) is 25.3 Å². The second-order valence-electron chi connectivity index (χ2n) is 8.48. The summed E-state index contributed by atoms with van der Waals surface area (Å²) in [5, 5.41) is 11.0. The number of H-pyrrole nitrogens is 1. The lowest BCUT2D eigenvalue weighted by atomic mass is 9.97. The standard InChI is InChI=1S/C23H24F2N2O3/c1-22(24,25)18-6-3-2-5-16(18)19-10-14-9-15-11-23(15,12-17(14)21(29)26-19)27-7-4-8-30-20(27)13-28/h2-3,5-6,9-10,12,15,20,28H,4,7-8,11,13H2,1H3,(H,26,29). The first-order valence-corrected chi connectivity index (χ1v) is 10.3. The molecule has 0 bridgehead atoms. The summed E-state index contributed by atoms with van der Waals surface area (Å²) in [5.41, 5.74) is -0.00328. The van der Waals surface area contributed by atoms with Gasteiger partial charge in [-0.1, -0.05) is 36.4 Å². The predicted octanol–water partition coefficient (Wildman–Crippen LogP) is 1.53. The maximum Gasteiger partial charge on any atom is 0.271 e. The topological polar surface area (TPSA) is 65.6 Å². The zero-order valence-corrected chi connectivity index (χ0v) is 16.7. The molecule has 0 amide bonds. The van der Waals surface area contributed by atoms with Gasteiger partial charge in [0.25, 0.3) is 11.5 Å². The van der Waals surface area contributed by atoms with Crippen molar-refractivity contribution in [1.82, 2.24) is 9.88 Å². The van der Waals surface area contributed by atoms with Gasteiger partial charge in [-0.15, -0.1) is 0 Å². The van der Waals surface area contributed by atoms with Crippen molar-refractivity contribution in [3.63, 3.8) is 0 Å². The van der Waals surface area contributed by atoms with Gasteiger partial charge in [-0.2, -0.15) is 0 Å². The molecule has 3 atom stereocenters. The molecule has 1 aromatic heterocycles. The van der Waals surface area contributed by atoms with Crippen LogP contribution < -0.4 is 16.0 Å². The number of aromatic nitrogens is 1. The number of nitrogens with zero attached hydrogens (tertiary/aromatic N) is 1. The van der Waals surface area contributed by atoms with E-state index < -0.39 is 5.92 Å². The molecule has 1 saturated heterocycles. The van der Waals surface area contributed by atoms with Crippen LogP contribution in [0, 0.1) is 5.92 Å². The number of hydrogen-bond donors (Lipinski definition) is 2. The SMILES string of the molecule is CC(F)(F)c1ccccc1-c1cc2c(c(=O)[nH]1)=CC1(N3CCCOC3CO)CC1C=2. The monoisotopic (exact) mass is 414 g/mol. The van der Waals surface area contributed by atoms with Gasteiger partial charge in [-0.3, -0.25) is 9.69 Å². The second kappa shape index (κ2) is 6.83. The number of benzene rings is 1. The first-order valence-electron chi connectivity index (χ1n) is 10.3. The second-order valence-corrected chi connectivity index (χ2v) is 8.48. The van der Waals surface area contributed by atoms with E-state index >= 15 is 0 Å². The predicted molar refractivity (Wildman–Crippen MR) is 109 cm³/mol. The number of fused-ring (bicyclic) bond motifs is 2. The average molecular weight is 414 g/mol. The van der Waals surface area contributed by atoms with Crippen molar-refractivity contribution in [2.45, 2.75) is 37.5 Å². The fraction of sp³-hybridized carbons (Fsp3) is 0.435.